The summed E-state index contributed by atoms with van der Waals surface area (Å²) in [5.74, 6) is 0.144. The lowest BCUT2D eigenvalue weighted by atomic mass is 10.1. The molecule has 8 heteroatoms. The van der Waals surface area contributed by atoms with Crippen molar-refractivity contribution >= 4 is 34.8 Å². The van der Waals surface area contributed by atoms with Crippen LogP contribution in [-0.4, -0.2) is 26.1 Å². The van der Waals surface area contributed by atoms with Crippen LogP contribution in [0.15, 0.2) is 42.5 Å². The Balaban J connectivity index is 1.68. The predicted molar refractivity (Wildman–Crippen MR) is 97.7 cm³/mol. The van der Waals surface area contributed by atoms with E-state index in [2.05, 4.69) is 27.7 Å². The average molecular weight is 376 g/mol. The smallest absolute Gasteiger partial charge is 0.248 e. The van der Waals surface area contributed by atoms with Crippen LogP contribution in [0.3, 0.4) is 0 Å². The van der Waals surface area contributed by atoms with E-state index in [9.17, 15) is 4.79 Å². The van der Waals surface area contributed by atoms with E-state index in [1.807, 2.05) is 24.3 Å². The minimum absolute atomic E-state index is 0.0805. The van der Waals surface area contributed by atoms with Crippen molar-refractivity contribution in [1.82, 2.24) is 20.2 Å². The van der Waals surface area contributed by atoms with Gasteiger partial charge in [0.25, 0.3) is 0 Å². The van der Waals surface area contributed by atoms with E-state index in [0.717, 1.165) is 12.0 Å². The first-order valence-corrected chi connectivity index (χ1v) is 8.43. The quantitative estimate of drug-likeness (QED) is 0.734. The molecule has 0 aliphatic heterocycles. The highest BCUT2D eigenvalue weighted by molar-refractivity contribution is 6.35. The largest absolute Gasteiger partial charge is 0.323 e. The molecule has 0 aliphatic rings. The molecule has 0 bridgehead atoms. The molecule has 0 spiro atoms. The van der Waals surface area contributed by atoms with Crippen molar-refractivity contribution in [2.24, 2.45) is 0 Å². The Bertz CT molecular complexity index is 892. The van der Waals surface area contributed by atoms with Crippen LogP contribution >= 0.6 is 23.2 Å². The zero-order valence-corrected chi connectivity index (χ0v) is 14.9. The number of amides is 1. The maximum absolute atomic E-state index is 12.1. The van der Waals surface area contributed by atoms with Gasteiger partial charge in [-0.15, -0.1) is 10.2 Å². The fourth-order valence-corrected chi connectivity index (χ4v) is 2.56. The van der Waals surface area contributed by atoms with Gasteiger partial charge in [-0.2, -0.15) is 4.80 Å². The Morgan fingerprint density at radius 1 is 1.16 bits per heavy atom. The van der Waals surface area contributed by atoms with E-state index < -0.39 is 0 Å². The number of carbonyl (C=O) groups is 1. The summed E-state index contributed by atoms with van der Waals surface area (Å²) in [6.07, 6.45) is 0.965. The highest BCUT2D eigenvalue weighted by Gasteiger charge is 2.11. The summed E-state index contributed by atoms with van der Waals surface area (Å²) in [6, 6.07) is 12.8. The van der Waals surface area contributed by atoms with Crippen molar-refractivity contribution in [2.75, 3.05) is 5.32 Å². The molecule has 1 N–H and O–H groups in total. The second-order valence-electron chi connectivity index (χ2n) is 5.37. The molecule has 0 unspecified atom stereocenters. The molecule has 1 amide bonds. The number of rotatable bonds is 5. The maximum atomic E-state index is 12.1. The molecular formula is C17H15Cl2N5O. The fraction of sp³-hybridized carbons (Fsp3) is 0.176. The summed E-state index contributed by atoms with van der Waals surface area (Å²) in [5, 5.41) is 15.7. The van der Waals surface area contributed by atoms with E-state index >= 15 is 0 Å². The summed E-state index contributed by atoms with van der Waals surface area (Å²) in [5.41, 5.74) is 2.52. The number of nitrogens with zero attached hydrogens (tertiary/aromatic N) is 4. The second-order valence-corrected chi connectivity index (χ2v) is 6.21. The Morgan fingerprint density at radius 3 is 2.64 bits per heavy atom. The van der Waals surface area contributed by atoms with Crippen LogP contribution in [0.4, 0.5) is 5.69 Å². The van der Waals surface area contributed by atoms with Gasteiger partial charge in [-0.1, -0.05) is 54.4 Å². The molecule has 0 saturated heterocycles. The van der Waals surface area contributed by atoms with E-state index in [1.54, 1.807) is 18.2 Å². The van der Waals surface area contributed by atoms with Crippen molar-refractivity contribution in [3.8, 4) is 11.4 Å². The molecule has 0 aliphatic carbocycles. The third kappa shape index (κ3) is 4.35. The van der Waals surface area contributed by atoms with Gasteiger partial charge in [0.1, 0.15) is 6.54 Å². The monoisotopic (exact) mass is 375 g/mol. The lowest BCUT2D eigenvalue weighted by molar-refractivity contribution is -0.117. The van der Waals surface area contributed by atoms with Crippen LogP contribution in [0.5, 0.6) is 0 Å². The summed E-state index contributed by atoms with van der Waals surface area (Å²) in [7, 11) is 0. The number of aromatic nitrogens is 4. The predicted octanol–water partition coefficient (Wildman–Crippen LogP) is 3.85. The molecule has 3 aromatic rings. The summed E-state index contributed by atoms with van der Waals surface area (Å²) in [4.78, 5) is 13.4. The third-order valence-electron chi connectivity index (χ3n) is 3.56. The molecule has 25 heavy (non-hydrogen) atoms. The summed E-state index contributed by atoms with van der Waals surface area (Å²) >= 11 is 11.9. The van der Waals surface area contributed by atoms with Crippen molar-refractivity contribution in [2.45, 2.75) is 19.9 Å². The number of benzene rings is 2. The topological polar surface area (TPSA) is 72.7 Å². The molecule has 2 aromatic carbocycles. The molecule has 0 fully saturated rings. The maximum Gasteiger partial charge on any atom is 0.248 e. The van der Waals surface area contributed by atoms with Crippen molar-refractivity contribution in [1.29, 1.82) is 0 Å². The van der Waals surface area contributed by atoms with Crippen LogP contribution in [0.25, 0.3) is 11.4 Å². The van der Waals surface area contributed by atoms with Crippen molar-refractivity contribution in [3.05, 3.63) is 58.1 Å². The fourth-order valence-electron chi connectivity index (χ4n) is 2.23. The van der Waals surface area contributed by atoms with Gasteiger partial charge in [-0.3, -0.25) is 4.79 Å². The number of anilines is 1. The van der Waals surface area contributed by atoms with Gasteiger partial charge in [-0.25, -0.2) is 0 Å². The molecule has 1 heterocycles. The zero-order valence-electron chi connectivity index (χ0n) is 13.4. The Labute approximate surface area is 154 Å². The lowest BCUT2D eigenvalue weighted by Gasteiger charge is -2.06. The van der Waals surface area contributed by atoms with Gasteiger partial charge in [0, 0.05) is 10.6 Å². The van der Waals surface area contributed by atoms with Crippen molar-refractivity contribution in [3.63, 3.8) is 0 Å². The highest BCUT2D eigenvalue weighted by atomic mass is 35.5. The van der Waals surface area contributed by atoms with E-state index in [-0.39, 0.29) is 12.5 Å². The first-order chi connectivity index (χ1) is 12.0. The molecule has 0 radical (unpaired) electrons. The molecule has 6 nitrogen and oxygen atoms in total. The van der Waals surface area contributed by atoms with Crippen LogP contribution in [0.2, 0.25) is 10.0 Å². The van der Waals surface area contributed by atoms with E-state index in [0.29, 0.717) is 21.6 Å². The zero-order chi connectivity index (χ0) is 17.8. The van der Waals surface area contributed by atoms with Crippen LogP contribution in [0, 0.1) is 0 Å². The van der Waals surface area contributed by atoms with Gasteiger partial charge in [0.05, 0.1) is 10.7 Å². The number of tetrazole rings is 1. The second kappa shape index (κ2) is 7.63. The average Bonchev–Trinajstić information content (AvgIpc) is 3.06. The van der Waals surface area contributed by atoms with Crippen molar-refractivity contribution < 1.29 is 4.79 Å². The molecule has 3 rings (SSSR count). The normalized spacial score (nSPS) is 10.7. The lowest BCUT2D eigenvalue weighted by Crippen LogP contribution is -2.20. The van der Waals surface area contributed by atoms with Crippen LogP contribution in [0.1, 0.15) is 12.5 Å². The van der Waals surface area contributed by atoms with Gasteiger partial charge in [-0.05, 0) is 35.4 Å². The number of hydrogen-bond acceptors (Lipinski definition) is 4. The Morgan fingerprint density at radius 2 is 1.92 bits per heavy atom. The Hall–Kier alpha value is -2.44. The standard InChI is InChI=1S/C17H15Cl2N5O/c1-2-11-3-5-12(6-4-11)17-21-23-24(22-17)10-16(25)20-15-9-13(18)7-8-14(15)19/h3-9H,2,10H2,1H3,(H,20,25). The number of aryl methyl sites for hydroxylation is 1. The Kier molecular flexibility index (Phi) is 5.31. The summed E-state index contributed by atoms with van der Waals surface area (Å²) in [6.45, 7) is 2.01. The minimum Gasteiger partial charge on any atom is -0.323 e. The number of hydrogen-bond donors (Lipinski definition) is 1. The molecule has 0 saturated carbocycles. The van der Waals surface area contributed by atoms with Crippen LogP contribution in [-0.2, 0) is 17.8 Å². The molecule has 128 valence electrons. The first-order valence-electron chi connectivity index (χ1n) is 7.67. The van der Waals surface area contributed by atoms with Gasteiger partial charge in [0.15, 0.2) is 0 Å². The van der Waals surface area contributed by atoms with Gasteiger partial charge >= 0.3 is 0 Å². The van der Waals surface area contributed by atoms with E-state index in [1.165, 1.54) is 10.4 Å². The SMILES string of the molecule is CCc1ccc(-c2nnn(CC(=O)Nc3cc(Cl)ccc3Cl)n2)cc1. The first kappa shape index (κ1) is 17.4. The number of halogens is 2. The van der Waals surface area contributed by atoms with E-state index in [4.69, 9.17) is 23.2 Å². The number of nitrogens with one attached hydrogen (secondary N) is 1. The minimum atomic E-state index is -0.325. The van der Waals surface area contributed by atoms with Gasteiger partial charge in [0.2, 0.25) is 11.7 Å². The molecule has 1 aromatic heterocycles. The summed E-state index contributed by atoms with van der Waals surface area (Å²) < 4.78 is 0. The number of carbonyl (C=O) groups excluding carboxylic acids is 1. The third-order valence-corrected chi connectivity index (χ3v) is 4.13. The van der Waals surface area contributed by atoms with Crippen LogP contribution < -0.4 is 5.32 Å². The highest BCUT2D eigenvalue weighted by Crippen LogP contribution is 2.25. The van der Waals surface area contributed by atoms with Gasteiger partial charge < -0.3 is 5.32 Å². The molecular weight excluding hydrogens is 361 g/mol. The molecule has 0 atom stereocenters.